The van der Waals surface area contributed by atoms with Crippen LogP contribution in [0.25, 0.3) is 16.7 Å². The van der Waals surface area contributed by atoms with Crippen molar-refractivity contribution in [2.75, 3.05) is 12.4 Å². The molecular formula is C33H31N3O6. The first-order chi connectivity index (χ1) is 20.1. The smallest absolute Gasteiger partial charge is 0.343 e. The third kappa shape index (κ3) is 5.81. The summed E-state index contributed by atoms with van der Waals surface area (Å²) >= 11 is 0. The van der Waals surface area contributed by atoms with E-state index in [0.29, 0.717) is 22.8 Å². The van der Waals surface area contributed by atoms with Crippen molar-refractivity contribution in [3.8, 4) is 28.4 Å². The quantitative estimate of drug-likeness (QED) is 0.102. The van der Waals surface area contributed by atoms with Gasteiger partial charge in [0.1, 0.15) is 23.9 Å². The van der Waals surface area contributed by atoms with Gasteiger partial charge >= 0.3 is 5.97 Å². The second-order valence-electron chi connectivity index (χ2n) is 10.7. The molecule has 5 rings (SSSR count). The number of benzene rings is 3. The van der Waals surface area contributed by atoms with Gasteiger partial charge in [-0.3, -0.25) is 15.1 Å². The van der Waals surface area contributed by atoms with E-state index in [2.05, 4.69) is 37.1 Å². The van der Waals surface area contributed by atoms with Crippen molar-refractivity contribution in [2.24, 2.45) is 0 Å². The van der Waals surface area contributed by atoms with Gasteiger partial charge in [0, 0.05) is 46.9 Å². The maximum absolute atomic E-state index is 12.6. The predicted octanol–water partition coefficient (Wildman–Crippen LogP) is 7.38. The number of nitrogens with zero attached hydrogens (tertiary/aromatic N) is 2. The Morgan fingerprint density at radius 3 is 2.43 bits per heavy atom. The Hall–Kier alpha value is -5.18. The van der Waals surface area contributed by atoms with Gasteiger partial charge in [0.25, 0.3) is 5.69 Å². The fourth-order valence-electron chi connectivity index (χ4n) is 5.22. The molecule has 214 valence electrons. The van der Waals surface area contributed by atoms with Gasteiger partial charge in [0.2, 0.25) is 0 Å². The molecule has 0 fully saturated rings. The third-order valence-corrected chi connectivity index (χ3v) is 7.09. The van der Waals surface area contributed by atoms with Crippen molar-refractivity contribution in [3.63, 3.8) is 0 Å². The first-order valence-corrected chi connectivity index (χ1v) is 13.4. The summed E-state index contributed by atoms with van der Waals surface area (Å²) in [6.45, 7) is 8.27. The summed E-state index contributed by atoms with van der Waals surface area (Å²) in [6.07, 6.45) is 5.23. The van der Waals surface area contributed by atoms with Gasteiger partial charge in [-0.15, -0.1) is 0 Å². The van der Waals surface area contributed by atoms with Gasteiger partial charge in [0.05, 0.1) is 29.2 Å². The molecule has 1 N–H and O–H groups in total. The lowest BCUT2D eigenvalue weighted by Gasteiger charge is -2.33. The van der Waals surface area contributed by atoms with Gasteiger partial charge in [-0.25, -0.2) is 4.79 Å². The van der Waals surface area contributed by atoms with E-state index in [1.165, 1.54) is 24.5 Å². The number of allylic oxidation sites excluding steroid dienone is 1. The van der Waals surface area contributed by atoms with E-state index in [-0.39, 0.29) is 17.8 Å². The Morgan fingerprint density at radius 1 is 0.976 bits per heavy atom. The SMILES string of the molecule is COc1cc(OC(=O)c2ccncc2)ccc1-c1ccc2c(c1COc1cc([N+](=O)[O-])ccc1C)C(C)=CC(C)(C)N2. The van der Waals surface area contributed by atoms with E-state index >= 15 is 0 Å². The van der Waals surface area contributed by atoms with Crippen LogP contribution in [0.2, 0.25) is 0 Å². The van der Waals surface area contributed by atoms with E-state index in [1.54, 1.807) is 37.4 Å². The Balaban J connectivity index is 1.57. The van der Waals surface area contributed by atoms with Gasteiger partial charge in [-0.2, -0.15) is 0 Å². The summed E-state index contributed by atoms with van der Waals surface area (Å²) in [5.41, 5.74) is 6.43. The maximum Gasteiger partial charge on any atom is 0.343 e. The second-order valence-corrected chi connectivity index (χ2v) is 10.7. The first kappa shape index (κ1) is 28.4. The van der Waals surface area contributed by atoms with Crippen molar-refractivity contribution in [2.45, 2.75) is 39.8 Å². The highest BCUT2D eigenvalue weighted by atomic mass is 16.6. The lowest BCUT2D eigenvalue weighted by molar-refractivity contribution is -0.385. The van der Waals surface area contributed by atoms with Crippen LogP contribution in [-0.2, 0) is 6.61 Å². The molecule has 2 heterocycles. The molecule has 9 nitrogen and oxygen atoms in total. The highest BCUT2D eigenvalue weighted by molar-refractivity contribution is 5.91. The Kier molecular flexibility index (Phi) is 7.67. The number of hydrogen-bond donors (Lipinski definition) is 1. The number of methoxy groups -OCH3 is 1. The standard InChI is InChI=1S/C33H31N3O6/c1-20-6-7-23(36(38)39)16-29(20)41-19-27-25(10-11-28-31(27)21(2)18-33(3,4)35-28)26-9-8-24(17-30(26)40-5)42-32(37)22-12-14-34-15-13-22/h6-18,35H,19H2,1-5H3. The average Bonchev–Trinajstić information content (AvgIpc) is 2.96. The zero-order valence-electron chi connectivity index (χ0n) is 24.1. The zero-order valence-corrected chi connectivity index (χ0v) is 24.1. The van der Waals surface area contributed by atoms with Crippen LogP contribution in [-0.4, -0.2) is 28.5 Å². The molecule has 0 amide bonds. The molecule has 42 heavy (non-hydrogen) atoms. The fourth-order valence-corrected chi connectivity index (χ4v) is 5.22. The van der Waals surface area contributed by atoms with Crippen LogP contribution in [0.5, 0.6) is 17.2 Å². The topological polar surface area (TPSA) is 113 Å². The number of nitro groups is 1. The second kappa shape index (κ2) is 11.4. The molecule has 0 bridgehead atoms. The van der Waals surface area contributed by atoms with Crippen molar-refractivity contribution in [3.05, 3.63) is 112 Å². The van der Waals surface area contributed by atoms with Crippen LogP contribution < -0.4 is 19.5 Å². The average molecular weight is 566 g/mol. The van der Waals surface area contributed by atoms with Crippen LogP contribution in [0.3, 0.4) is 0 Å². The molecule has 0 aliphatic carbocycles. The highest BCUT2D eigenvalue weighted by Gasteiger charge is 2.27. The summed E-state index contributed by atoms with van der Waals surface area (Å²) < 4.78 is 17.6. The summed E-state index contributed by atoms with van der Waals surface area (Å²) in [6, 6.07) is 17.0. The molecule has 1 aliphatic rings. The summed E-state index contributed by atoms with van der Waals surface area (Å²) in [5.74, 6) is 0.772. The number of carbonyl (C=O) groups excluding carboxylic acids is 1. The number of rotatable bonds is 8. The van der Waals surface area contributed by atoms with Crippen molar-refractivity contribution >= 4 is 22.9 Å². The lowest BCUT2D eigenvalue weighted by Crippen LogP contribution is -2.32. The van der Waals surface area contributed by atoms with Gasteiger partial charge in [-0.05, 0) is 80.8 Å². The fraction of sp³-hybridized carbons (Fsp3) is 0.212. The van der Waals surface area contributed by atoms with Gasteiger partial charge in [0.15, 0.2) is 0 Å². The van der Waals surface area contributed by atoms with E-state index in [9.17, 15) is 14.9 Å². The molecule has 0 spiro atoms. The number of aromatic nitrogens is 1. The summed E-state index contributed by atoms with van der Waals surface area (Å²) in [5, 5.41) is 15.0. The number of carbonyl (C=O) groups is 1. The number of ether oxygens (including phenoxy) is 3. The molecule has 0 saturated carbocycles. The Bertz CT molecular complexity index is 1710. The van der Waals surface area contributed by atoms with E-state index in [4.69, 9.17) is 14.2 Å². The number of fused-ring (bicyclic) bond motifs is 1. The summed E-state index contributed by atoms with van der Waals surface area (Å²) in [7, 11) is 1.56. The predicted molar refractivity (Wildman–Crippen MR) is 161 cm³/mol. The van der Waals surface area contributed by atoms with E-state index in [0.717, 1.165) is 39.1 Å². The molecule has 0 atom stereocenters. The highest BCUT2D eigenvalue weighted by Crippen LogP contribution is 2.43. The van der Waals surface area contributed by atoms with Crippen LogP contribution in [0.1, 0.15) is 47.8 Å². The molecular weight excluding hydrogens is 534 g/mol. The first-order valence-electron chi connectivity index (χ1n) is 13.4. The molecule has 0 saturated heterocycles. The molecule has 4 aromatic rings. The number of nitrogens with one attached hydrogen (secondary N) is 1. The van der Waals surface area contributed by atoms with Gasteiger partial charge < -0.3 is 19.5 Å². The molecule has 0 unspecified atom stereocenters. The third-order valence-electron chi connectivity index (χ3n) is 7.09. The van der Waals surface area contributed by atoms with Gasteiger partial charge in [-0.1, -0.05) is 12.1 Å². The molecule has 9 heteroatoms. The molecule has 3 aromatic carbocycles. The van der Waals surface area contributed by atoms with E-state index < -0.39 is 10.9 Å². The number of pyridine rings is 1. The van der Waals surface area contributed by atoms with Crippen molar-refractivity contribution in [1.82, 2.24) is 4.98 Å². The summed E-state index contributed by atoms with van der Waals surface area (Å²) in [4.78, 5) is 27.5. The monoisotopic (exact) mass is 565 g/mol. The van der Waals surface area contributed by atoms with E-state index in [1.807, 2.05) is 25.1 Å². The number of aryl methyl sites for hydroxylation is 1. The minimum Gasteiger partial charge on any atom is -0.496 e. The minimum atomic E-state index is -0.503. The maximum atomic E-state index is 12.6. The molecule has 0 radical (unpaired) electrons. The zero-order chi connectivity index (χ0) is 30.0. The van der Waals surface area contributed by atoms with Crippen LogP contribution in [0, 0.1) is 17.0 Å². The van der Waals surface area contributed by atoms with Crippen molar-refractivity contribution < 1.29 is 23.9 Å². The van der Waals surface area contributed by atoms with Crippen LogP contribution in [0.4, 0.5) is 11.4 Å². The Labute approximate surface area is 243 Å². The van der Waals surface area contributed by atoms with Crippen LogP contribution in [0.15, 0.2) is 79.1 Å². The van der Waals surface area contributed by atoms with Crippen molar-refractivity contribution in [1.29, 1.82) is 0 Å². The Morgan fingerprint density at radius 2 is 1.71 bits per heavy atom. The number of esters is 1. The van der Waals surface area contributed by atoms with Crippen LogP contribution >= 0.6 is 0 Å². The largest absolute Gasteiger partial charge is 0.496 e. The molecule has 1 aromatic heterocycles. The number of hydrogen-bond acceptors (Lipinski definition) is 8. The molecule has 1 aliphatic heterocycles. The lowest BCUT2D eigenvalue weighted by atomic mass is 9.85. The number of nitro benzene ring substituents is 1. The minimum absolute atomic E-state index is 0.0380. The normalized spacial score (nSPS) is 13.3. The number of anilines is 1. The number of non-ortho nitro benzene ring substituents is 1.